The van der Waals surface area contributed by atoms with Crippen molar-refractivity contribution in [1.29, 1.82) is 0 Å². The lowest BCUT2D eigenvalue weighted by atomic mass is 9.88. The van der Waals surface area contributed by atoms with E-state index < -0.39 is 5.60 Å². The predicted molar refractivity (Wildman–Crippen MR) is 67.8 cm³/mol. The average molecular weight is 242 g/mol. The second-order valence-corrected chi connectivity index (χ2v) is 5.68. The van der Waals surface area contributed by atoms with Gasteiger partial charge in [0, 0.05) is 19.2 Å². The van der Waals surface area contributed by atoms with Crippen molar-refractivity contribution in [3.05, 3.63) is 0 Å². The van der Waals surface area contributed by atoms with Crippen molar-refractivity contribution in [1.82, 2.24) is 4.90 Å². The van der Waals surface area contributed by atoms with E-state index in [9.17, 15) is 5.11 Å². The van der Waals surface area contributed by atoms with Crippen LogP contribution >= 0.6 is 0 Å². The van der Waals surface area contributed by atoms with E-state index in [2.05, 4.69) is 11.9 Å². The van der Waals surface area contributed by atoms with Crippen LogP contribution in [0.4, 0.5) is 0 Å². The van der Waals surface area contributed by atoms with Crippen LogP contribution in [0.15, 0.2) is 0 Å². The minimum atomic E-state index is -0.590. The molecule has 3 atom stereocenters. The monoisotopic (exact) mass is 242 g/mol. The Labute approximate surface area is 104 Å². The summed E-state index contributed by atoms with van der Waals surface area (Å²) in [6, 6.07) is 0.572. The third-order valence-electron chi connectivity index (χ3n) is 4.63. The van der Waals surface area contributed by atoms with Gasteiger partial charge in [-0.1, -0.05) is 6.42 Å². The molecule has 0 spiro atoms. The highest BCUT2D eigenvalue weighted by molar-refractivity contribution is 4.93. The zero-order chi connectivity index (χ0) is 12.3. The molecule has 0 aromatic rings. The van der Waals surface area contributed by atoms with Gasteiger partial charge in [-0.15, -0.1) is 0 Å². The molecule has 0 amide bonds. The van der Waals surface area contributed by atoms with Crippen LogP contribution < -0.4 is 5.73 Å². The maximum absolute atomic E-state index is 10.4. The molecule has 100 valence electrons. The molecule has 2 fully saturated rings. The Morgan fingerprint density at radius 3 is 2.94 bits per heavy atom. The van der Waals surface area contributed by atoms with Crippen molar-refractivity contribution in [3.8, 4) is 0 Å². The van der Waals surface area contributed by atoms with Gasteiger partial charge in [0.25, 0.3) is 0 Å². The molecule has 2 rings (SSSR count). The first-order valence-electron chi connectivity index (χ1n) is 6.86. The number of hydrogen-bond acceptors (Lipinski definition) is 4. The van der Waals surface area contributed by atoms with E-state index in [4.69, 9.17) is 10.5 Å². The van der Waals surface area contributed by atoms with E-state index in [1.165, 1.54) is 0 Å². The minimum absolute atomic E-state index is 0.386. The molecule has 2 aliphatic rings. The van der Waals surface area contributed by atoms with Crippen LogP contribution in [0.5, 0.6) is 0 Å². The maximum Gasteiger partial charge on any atom is 0.0797 e. The van der Waals surface area contributed by atoms with Crippen LogP contribution in [0.1, 0.15) is 32.1 Å². The Bertz CT molecular complexity index is 244. The maximum atomic E-state index is 10.4. The van der Waals surface area contributed by atoms with Crippen LogP contribution in [0.3, 0.4) is 0 Å². The van der Waals surface area contributed by atoms with Gasteiger partial charge < -0.3 is 20.5 Å². The van der Waals surface area contributed by atoms with Crippen molar-refractivity contribution in [2.24, 2.45) is 11.7 Å². The van der Waals surface area contributed by atoms with Gasteiger partial charge in [0.15, 0.2) is 0 Å². The van der Waals surface area contributed by atoms with Crippen LogP contribution in [-0.2, 0) is 4.74 Å². The van der Waals surface area contributed by atoms with E-state index in [1.54, 1.807) is 0 Å². The molecule has 1 saturated carbocycles. The van der Waals surface area contributed by atoms with Crippen molar-refractivity contribution in [3.63, 3.8) is 0 Å². The first-order chi connectivity index (χ1) is 8.15. The van der Waals surface area contributed by atoms with Gasteiger partial charge in [-0.05, 0) is 45.2 Å². The lowest BCUT2D eigenvalue weighted by Crippen LogP contribution is -2.43. The quantitative estimate of drug-likeness (QED) is 0.741. The number of rotatable bonds is 5. The summed E-state index contributed by atoms with van der Waals surface area (Å²) in [5.41, 5.74) is 5.11. The summed E-state index contributed by atoms with van der Waals surface area (Å²) in [4.78, 5) is 2.38. The third-order valence-corrected chi connectivity index (χ3v) is 4.63. The zero-order valence-corrected chi connectivity index (χ0v) is 10.9. The number of ether oxygens (including phenoxy) is 1. The van der Waals surface area contributed by atoms with Crippen LogP contribution in [0, 0.1) is 5.92 Å². The normalized spacial score (nSPS) is 38.1. The standard InChI is InChI=1S/C13H26N2O2/c1-15(12-5-8-17-9-12)7-4-11-3-2-6-13(11,16)10-14/h11-12,16H,2-10,14H2,1H3. The highest BCUT2D eigenvalue weighted by atomic mass is 16.5. The van der Waals surface area contributed by atoms with Crippen molar-refractivity contribution >= 4 is 0 Å². The molecule has 1 saturated heterocycles. The summed E-state index contributed by atoms with van der Waals surface area (Å²) < 4.78 is 5.40. The van der Waals surface area contributed by atoms with E-state index >= 15 is 0 Å². The lowest BCUT2D eigenvalue weighted by Gasteiger charge is -2.31. The fourth-order valence-corrected chi connectivity index (χ4v) is 3.22. The molecule has 4 nitrogen and oxygen atoms in total. The van der Waals surface area contributed by atoms with E-state index in [0.717, 1.165) is 51.9 Å². The first-order valence-corrected chi connectivity index (χ1v) is 6.86. The summed E-state index contributed by atoms with van der Waals surface area (Å²) in [5, 5.41) is 10.4. The Balaban J connectivity index is 1.77. The van der Waals surface area contributed by atoms with Crippen molar-refractivity contribution < 1.29 is 9.84 Å². The third kappa shape index (κ3) is 2.99. The molecular weight excluding hydrogens is 216 g/mol. The molecule has 3 N–H and O–H groups in total. The molecule has 0 aromatic carbocycles. The Morgan fingerprint density at radius 2 is 2.29 bits per heavy atom. The van der Waals surface area contributed by atoms with E-state index in [-0.39, 0.29) is 0 Å². The SMILES string of the molecule is CN(CCC1CCCC1(O)CN)C1CCOC1. The molecule has 3 unspecified atom stereocenters. The average Bonchev–Trinajstić information content (AvgIpc) is 2.96. The molecule has 0 bridgehead atoms. The van der Waals surface area contributed by atoms with E-state index in [1.807, 2.05) is 0 Å². The number of hydrogen-bond donors (Lipinski definition) is 2. The van der Waals surface area contributed by atoms with E-state index in [0.29, 0.717) is 18.5 Å². The summed E-state index contributed by atoms with van der Waals surface area (Å²) >= 11 is 0. The highest BCUT2D eigenvalue weighted by Gasteiger charge is 2.39. The second-order valence-electron chi connectivity index (χ2n) is 5.68. The minimum Gasteiger partial charge on any atom is -0.388 e. The molecule has 4 heteroatoms. The lowest BCUT2D eigenvalue weighted by molar-refractivity contribution is 0.00393. The molecule has 17 heavy (non-hydrogen) atoms. The van der Waals surface area contributed by atoms with Gasteiger partial charge in [-0.25, -0.2) is 0 Å². The number of nitrogens with zero attached hydrogens (tertiary/aromatic N) is 1. The molecular formula is C13H26N2O2. The highest BCUT2D eigenvalue weighted by Crippen LogP contribution is 2.37. The summed E-state index contributed by atoms with van der Waals surface area (Å²) in [6.07, 6.45) is 5.32. The smallest absolute Gasteiger partial charge is 0.0797 e. The van der Waals surface area contributed by atoms with Gasteiger partial charge in [-0.2, -0.15) is 0 Å². The molecule has 0 aromatic heterocycles. The van der Waals surface area contributed by atoms with Gasteiger partial charge in [-0.3, -0.25) is 0 Å². The first kappa shape index (κ1) is 13.3. The molecule has 1 heterocycles. The Kier molecular flexibility index (Phi) is 4.42. The second kappa shape index (κ2) is 5.65. The Hall–Kier alpha value is -0.160. The fraction of sp³-hybridized carbons (Fsp3) is 1.00. The number of likely N-dealkylation sites (N-methyl/N-ethyl adjacent to an activating group) is 1. The van der Waals surface area contributed by atoms with Crippen LogP contribution in [-0.4, -0.2) is 55.0 Å². The van der Waals surface area contributed by atoms with Gasteiger partial charge in [0.2, 0.25) is 0 Å². The van der Waals surface area contributed by atoms with Crippen LogP contribution in [0.2, 0.25) is 0 Å². The molecule has 1 aliphatic carbocycles. The largest absolute Gasteiger partial charge is 0.388 e. The summed E-state index contributed by atoms with van der Waals surface area (Å²) in [5.74, 6) is 0.386. The zero-order valence-electron chi connectivity index (χ0n) is 10.9. The van der Waals surface area contributed by atoms with Gasteiger partial charge >= 0.3 is 0 Å². The van der Waals surface area contributed by atoms with Gasteiger partial charge in [0.05, 0.1) is 12.2 Å². The topological polar surface area (TPSA) is 58.7 Å². The molecule has 0 radical (unpaired) electrons. The van der Waals surface area contributed by atoms with Gasteiger partial charge in [0.1, 0.15) is 0 Å². The Morgan fingerprint density at radius 1 is 1.47 bits per heavy atom. The predicted octanol–water partition coefficient (Wildman–Crippen LogP) is 0.587. The van der Waals surface area contributed by atoms with Crippen molar-refractivity contribution in [2.75, 3.05) is 33.4 Å². The number of aliphatic hydroxyl groups is 1. The fourth-order valence-electron chi connectivity index (χ4n) is 3.22. The summed E-state index contributed by atoms with van der Waals surface area (Å²) in [7, 11) is 2.16. The summed E-state index contributed by atoms with van der Waals surface area (Å²) in [6.45, 7) is 3.21. The number of nitrogens with two attached hydrogens (primary N) is 1. The van der Waals surface area contributed by atoms with Crippen molar-refractivity contribution in [2.45, 2.75) is 43.7 Å². The van der Waals surface area contributed by atoms with Crippen LogP contribution in [0.25, 0.3) is 0 Å². The molecule has 1 aliphatic heterocycles.